The van der Waals surface area contributed by atoms with E-state index in [4.69, 9.17) is 5.73 Å². The van der Waals surface area contributed by atoms with E-state index in [0.717, 1.165) is 17.3 Å². The van der Waals surface area contributed by atoms with Crippen LogP contribution in [0.15, 0.2) is 11.4 Å². The maximum Gasteiger partial charge on any atom is 0.165 e. The van der Waals surface area contributed by atoms with Crippen molar-refractivity contribution in [3.63, 3.8) is 0 Å². The first kappa shape index (κ1) is 7.63. The maximum atomic E-state index is 5.36. The van der Waals surface area contributed by atoms with Crippen LogP contribution < -0.4 is 5.73 Å². The SMILES string of the molecule is CSc1ncc(CCN)[nH]1. The summed E-state index contributed by atoms with van der Waals surface area (Å²) in [5, 5.41) is 0.962. The number of aromatic nitrogens is 2. The highest BCUT2D eigenvalue weighted by atomic mass is 32.2. The summed E-state index contributed by atoms with van der Waals surface area (Å²) in [4.78, 5) is 7.24. The standard InChI is InChI=1S/C6H11N3S/c1-10-6-8-4-5(9-6)2-3-7/h4H,2-3,7H2,1H3,(H,8,9). The second-order valence-electron chi connectivity index (χ2n) is 1.96. The Bertz CT molecular complexity index is 197. The van der Waals surface area contributed by atoms with Crippen molar-refractivity contribution in [3.05, 3.63) is 11.9 Å². The van der Waals surface area contributed by atoms with Crippen LogP contribution in [0.1, 0.15) is 5.69 Å². The fourth-order valence-electron chi connectivity index (χ4n) is 0.725. The lowest BCUT2D eigenvalue weighted by molar-refractivity contribution is 0.916. The Morgan fingerprint density at radius 3 is 3.10 bits per heavy atom. The summed E-state index contributed by atoms with van der Waals surface area (Å²) < 4.78 is 0. The third-order valence-corrected chi connectivity index (χ3v) is 1.81. The summed E-state index contributed by atoms with van der Waals surface area (Å²) >= 11 is 1.61. The molecule has 1 aromatic heterocycles. The van der Waals surface area contributed by atoms with Crippen LogP contribution in [0.25, 0.3) is 0 Å². The Morgan fingerprint density at radius 1 is 1.80 bits per heavy atom. The van der Waals surface area contributed by atoms with Gasteiger partial charge in [-0.05, 0) is 12.8 Å². The third kappa shape index (κ3) is 1.75. The minimum Gasteiger partial charge on any atom is -0.337 e. The number of aromatic amines is 1. The molecule has 1 rings (SSSR count). The van der Waals surface area contributed by atoms with E-state index in [2.05, 4.69) is 9.97 Å². The molecule has 0 bridgehead atoms. The highest BCUT2D eigenvalue weighted by Crippen LogP contribution is 2.08. The van der Waals surface area contributed by atoms with E-state index in [0.29, 0.717) is 6.54 Å². The Kier molecular flexibility index (Phi) is 2.77. The lowest BCUT2D eigenvalue weighted by Gasteiger charge is -1.89. The number of thioether (sulfide) groups is 1. The quantitative estimate of drug-likeness (QED) is 0.633. The highest BCUT2D eigenvalue weighted by molar-refractivity contribution is 7.98. The van der Waals surface area contributed by atoms with E-state index in [9.17, 15) is 0 Å². The molecule has 56 valence electrons. The average Bonchev–Trinajstić information content (AvgIpc) is 2.37. The average molecular weight is 157 g/mol. The molecule has 0 atom stereocenters. The molecule has 0 aliphatic heterocycles. The minimum absolute atomic E-state index is 0.677. The smallest absolute Gasteiger partial charge is 0.165 e. The van der Waals surface area contributed by atoms with Crippen molar-refractivity contribution in [3.8, 4) is 0 Å². The molecular formula is C6H11N3S. The zero-order valence-electron chi connectivity index (χ0n) is 5.92. The van der Waals surface area contributed by atoms with Crippen LogP contribution in [0.4, 0.5) is 0 Å². The monoisotopic (exact) mass is 157 g/mol. The summed E-state index contributed by atoms with van der Waals surface area (Å²) in [7, 11) is 0. The first-order valence-corrected chi connectivity index (χ1v) is 4.37. The van der Waals surface area contributed by atoms with Crippen molar-refractivity contribution in [2.45, 2.75) is 11.6 Å². The van der Waals surface area contributed by atoms with Gasteiger partial charge in [-0.3, -0.25) is 0 Å². The maximum absolute atomic E-state index is 5.36. The van der Waals surface area contributed by atoms with Crippen molar-refractivity contribution in [1.29, 1.82) is 0 Å². The molecule has 0 spiro atoms. The Hall–Kier alpha value is -0.480. The van der Waals surface area contributed by atoms with Gasteiger partial charge in [0.15, 0.2) is 5.16 Å². The molecule has 4 heteroatoms. The van der Waals surface area contributed by atoms with Gasteiger partial charge in [-0.2, -0.15) is 0 Å². The Balaban J connectivity index is 2.59. The number of H-pyrrole nitrogens is 1. The summed E-state index contributed by atoms with van der Waals surface area (Å²) in [6.45, 7) is 0.677. The molecule has 0 amide bonds. The predicted molar refractivity (Wildman–Crippen MR) is 43.1 cm³/mol. The van der Waals surface area contributed by atoms with Crippen LogP contribution in [-0.2, 0) is 6.42 Å². The van der Waals surface area contributed by atoms with Crippen LogP contribution in [0.2, 0.25) is 0 Å². The number of nitrogens with zero attached hydrogens (tertiary/aromatic N) is 1. The zero-order chi connectivity index (χ0) is 7.40. The van der Waals surface area contributed by atoms with E-state index in [1.165, 1.54) is 0 Å². The molecular weight excluding hydrogens is 146 g/mol. The lowest BCUT2D eigenvalue weighted by atomic mass is 10.3. The van der Waals surface area contributed by atoms with Gasteiger partial charge < -0.3 is 10.7 Å². The van der Waals surface area contributed by atoms with Crippen LogP contribution >= 0.6 is 11.8 Å². The van der Waals surface area contributed by atoms with E-state index in [1.807, 2.05) is 12.5 Å². The number of imidazole rings is 1. The van der Waals surface area contributed by atoms with Gasteiger partial charge in [0.2, 0.25) is 0 Å². The van der Waals surface area contributed by atoms with Gasteiger partial charge in [-0.15, -0.1) is 0 Å². The fourth-order valence-corrected chi connectivity index (χ4v) is 1.12. The first-order valence-electron chi connectivity index (χ1n) is 3.14. The fraction of sp³-hybridized carbons (Fsp3) is 0.500. The summed E-state index contributed by atoms with van der Waals surface area (Å²) in [6.07, 6.45) is 4.71. The first-order chi connectivity index (χ1) is 4.86. The van der Waals surface area contributed by atoms with E-state index in [-0.39, 0.29) is 0 Å². The number of nitrogens with two attached hydrogens (primary N) is 1. The highest BCUT2D eigenvalue weighted by Gasteiger charge is 1.95. The number of rotatable bonds is 3. The lowest BCUT2D eigenvalue weighted by Crippen LogP contribution is -2.02. The summed E-state index contributed by atoms with van der Waals surface area (Å²) in [6, 6.07) is 0. The van der Waals surface area contributed by atoms with Crippen LogP contribution in [0, 0.1) is 0 Å². The summed E-state index contributed by atoms with van der Waals surface area (Å²) in [5.74, 6) is 0. The van der Waals surface area contributed by atoms with Gasteiger partial charge in [-0.25, -0.2) is 4.98 Å². The predicted octanol–water partition coefficient (Wildman–Crippen LogP) is 0.633. The van der Waals surface area contributed by atoms with Crippen LogP contribution in [0.3, 0.4) is 0 Å². The third-order valence-electron chi connectivity index (χ3n) is 1.21. The van der Waals surface area contributed by atoms with E-state index < -0.39 is 0 Å². The van der Waals surface area contributed by atoms with Crippen molar-refractivity contribution in [2.75, 3.05) is 12.8 Å². The molecule has 0 saturated carbocycles. The van der Waals surface area contributed by atoms with Crippen LogP contribution in [-0.4, -0.2) is 22.8 Å². The minimum atomic E-state index is 0.677. The van der Waals surface area contributed by atoms with Crippen molar-refractivity contribution >= 4 is 11.8 Å². The molecule has 1 aromatic rings. The van der Waals surface area contributed by atoms with Gasteiger partial charge in [0.25, 0.3) is 0 Å². The molecule has 10 heavy (non-hydrogen) atoms. The topological polar surface area (TPSA) is 54.7 Å². The normalized spacial score (nSPS) is 10.2. The second-order valence-corrected chi connectivity index (χ2v) is 2.75. The summed E-state index contributed by atoms with van der Waals surface area (Å²) in [5.41, 5.74) is 6.47. The molecule has 0 aliphatic carbocycles. The molecule has 0 aliphatic rings. The van der Waals surface area contributed by atoms with Crippen LogP contribution in [0.5, 0.6) is 0 Å². The van der Waals surface area contributed by atoms with Gasteiger partial charge in [0, 0.05) is 18.3 Å². The Labute approximate surface area is 64.4 Å². The zero-order valence-corrected chi connectivity index (χ0v) is 6.74. The van der Waals surface area contributed by atoms with Crippen molar-refractivity contribution < 1.29 is 0 Å². The van der Waals surface area contributed by atoms with Gasteiger partial charge in [-0.1, -0.05) is 11.8 Å². The largest absolute Gasteiger partial charge is 0.337 e. The number of hydrogen-bond donors (Lipinski definition) is 2. The van der Waals surface area contributed by atoms with Gasteiger partial charge >= 0.3 is 0 Å². The molecule has 0 fully saturated rings. The number of nitrogens with one attached hydrogen (secondary N) is 1. The van der Waals surface area contributed by atoms with Crippen molar-refractivity contribution in [1.82, 2.24) is 9.97 Å². The van der Waals surface area contributed by atoms with E-state index in [1.54, 1.807) is 11.8 Å². The number of hydrogen-bond acceptors (Lipinski definition) is 3. The molecule has 1 heterocycles. The Morgan fingerprint density at radius 2 is 2.60 bits per heavy atom. The molecule has 0 saturated heterocycles. The molecule has 0 aromatic carbocycles. The molecule has 3 N–H and O–H groups in total. The van der Waals surface area contributed by atoms with E-state index >= 15 is 0 Å². The van der Waals surface area contributed by atoms with Gasteiger partial charge in [0.05, 0.1) is 0 Å². The van der Waals surface area contributed by atoms with Gasteiger partial charge in [0.1, 0.15) is 0 Å². The molecule has 0 unspecified atom stereocenters. The molecule has 3 nitrogen and oxygen atoms in total. The molecule has 0 radical (unpaired) electrons. The van der Waals surface area contributed by atoms with Crippen molar-refractivity contribution in [2.24, 2.45) is 5.73 Å². The second kappa shape index (κ2) is 3.63.